The third kappa shape index (κ3) is 1.46. The fourth-order valence-corrected chi connectivity index (χ4v) is 1.05. The van der Waals surface area contributed by atoms with E-state index in [4.69, 9.17) is 20.1 Å². The van der Waals surface area contributed by atoms with Crippen LogP contribution in [0.15, 0.2) is 0 Å². The lowest BCUT2D eigenvalue weighted by atomic mass is 10.0. The first kappa shape index (κ1) is 7.94. The standard InChI is InChI=1S/C6H12O4/c7-4-5-6(8,9)2-1-3-10-5/h5,7-9H,1-4H2. The molecule has 0 aromatic carbocycles. The third-order valence-electron chi connectivity index (χ3n) is 1.69. The largest absolute Gasteiger partial charge is 0.393 e. The average molecular weight is 148 g/mol. The van der Waals surface area contributed by atoms with Crippen LogP contribution in [-0.4, -0.2) is 40.4 Å². The maximum absolute atomic E-state index is 9.10. The van der Waals surface area contributed by atoms with Crippen LogP contribution in [0, 0.1) is 0 Å². The Morgan fingerprint density at radius 1 is 1.50 bits per heavy atom. The Bertz CT molecular complexity index is 112. The minimum absolute atomic E-state index is 0.276. The van der Waals surface area contributed by atoms with Crippen LogP contribution in [0.3, 0.4) is 0 Å². The van der Waals surface area contributed by atoms with E-state index in [-0.39, 0.29) is 13.0 Å². The normalized spacial score (nSPS) is 32.1. The summed E-state index contributed by atoms with van der Waals surface area (Å²) in [6, 6.07) is 0. The van der Waals surface area contributed by atoms with E-state index >= 15 is 0 Å². The van der Waals surface area contributed by atoms with Crippen molar-refractivity contribution in [3.63, 3.8) is 0 Å². The molecule has 0 spiro atoms. The van der Waals surface area contributed by atoms with Gasteiger partial charge in [-0.05, 0) is 6.42 Å². The predicted molar refractivity (Wildman–Crippen MR) is 33.2 cm³/mol. The van der Waals surface area contributed by atoms with Crippen molar-refractivity contribution in [1.29, 1.82) is 0 Å². The molecular weight excluding hydrogens is 136 g/mol. The van der Waals surface area contributed by atoms with Crippen LogP contribution in [-0.2, 0) is 4.74 Å². The van der Waals surface area contributed by atoms with Crippen LogP contribution in [0.5, 0.6) is 0 Å². The van der Waals surface area contributed by atoms with E-state index in [2.05, 4.69) is 0 Å². The second kappa shape index (κ2) is 2.84. The van der Waals surface area contributed by atoms with Gasteiger partial charge in [0.25, 0.3) is 0 Å². The first-order chi connectivity index (χ1) is 4.67. The maximum atomic E-state index is 9.10. The number of rotatable bonds is 1. The summed E-state index contributed by atoms with van der Waals surface area (Å²) in [7, 11) is 0. The van der Waals surface area contributed by atoms with Gasteiger partial charge in [-0.3, -0.25) is 0 Å². The van der Waals surface area contributed by atoms with Crippen molar-refractivity contribution in [2.24, 2.45) is 0 Å². The second-order valence-corrected chi connectivity index (χ2v) is 2.52. The van der Waals surface area contributed by atoms with Crippen LogP contribution >= 0.6 is 0 Å². The van der Waals surface area contributed by atoms with Gasteiger partial charge in [0.1, 0.15) is 6.10 Å². The van der Waals surface area contributed by atoms with Gasteiger partial charge in [-0.15, -0.1) is 0 Å². The minimum Gasteiger partial charge on any atom is -0.393 e. The van der Waals surface area contributed by atoms with E-state index in [0.717, 1.165) is 0 Å². The van der Waals surface area contributed by atoms with Crippen molar-refractivity contribution in [1.82, 2.24) is 0 Å². The zero-order valence-corrected chi connectivity index (χ0v) is 5.66. The molecule has 0 saturated carbocycles. The Hall–Kier alpha value is -0.160. The molecule has 1 aliphatic rings. The lowest BCUT2D eigenvalue weighted by Gasteiger charge is -2.33. The number of aliphatic hydroxyl groups excluding tert-OH is 1. The fraction of sp³-hybridized carbons (Fsp3) is 1.00. The van der Waals surface area contributed by atoms with Crippen molar-refractivity contribution >= 4 is 0 Å². The van der Waals surface area contributed by atoms with Gasteiger partial charge in [-0.1, -0.05) is 0 Å². The van der Waals surface area contributed by atoms with Crippen molar-refractivity contribution in [3.8, 4) is 0 Å². The molecule has 1 aliphatic heterocycles. The summed E-state index contributed by atoms with van der Waals surface area (Å²) in [6.45, 7) is 0.154. The minimum atomic E-state index is -1.83. The Balaban J connectivity index is 2.51. The number of aliphatic hydroxyl groups is 3. The van der Waals surface area contributed by atoms with E-state index in [1.165, 1.54) is 0 Å². The Kier molecular flexibility index (Phi) is 2.25. The molecule has 1 heterocycles. The number of hydrogen-bond donors (Lipinski definition) is 3. The van der Waals surface area contributed by atoms with Gasteiger partial charge in [0.15, 0.2) is 5.79 Å². The zero-order valence-electron chi connectivity index (χ0n) is 5.66. The first-order valence-electron chi connectivity index (χ1n) is 3.34. The van der Waals surface area contributed by atoms with Crippen LogP contribution in [0.25, 0.3) is 0 Å². The summed E-state index contributed by atoms with van der Waals surface area (Å²) >= 11 is 0. The molecule has 1 fully saturated rings. The van der Waals surface area contributed by atoms with Crippen LogP contribution in [0.1, 0.15) is 12.8 Å². The zero-order chi connectivity index (χ0) is 7.61. The fourth-order valence-electron chi connectivity index (χ4n) is 1.05. The third-order valence-corrected chi connectivity index (χ3v) is 1.69. The highest BCUT2D eigenvalue weighted by atomic mass is 16.6. The van der Waals surface area contributed by atoms with Crippen molar-refractivity contribution in [2.75, 3.05) is 13.2 Å². The molecule has 0 amide bonds. The Morgan fingerprint density at radius 2 is 2.20 bits per heavy atom. The molecule has 0 aromatic heterocycles. The summed E-state index contributed by atoms with van der Waals surface area (Å²) in [4.78, 5) is 0. The lowest BCUT2D eigenvalue weighted by Crippen LogP contribution is -2.49. The van der Waals surface area contributed by atoms with Gasteiger partial charge in [0.05, 0.1) is 6.61 Å². The summed E-state index contributed by atoms with van der Waals surface area (Å²) in [5.74, 6) is -1.83. The number of ether oxygens (including phenoxy) is 1. The molecule has 0 radical (unpaired) electrons. The summed E-state index contributed by atoms with van der Waals surface area (Å²) in [6.07, 6.45) is 0.0723. The van der Waals surface area contributed by atoms with Gasteiger partial charge in [-0.2, -0.15) is 0 Å². The Morgan fingerprint density at radius 3 is 2.60 bits per heavy atom. The second-order valence-electron chi connectivity index (χ2n) is 2.52. The van der Waals surface area contributed by atoms with E-state index < -0.39 is 11.9 Å². The summed E-state index contributed by atoms with van der Waals surface area (Å²) < 4.78 is 4.89. The SMILES string of the molecule is OCC1OCCCC1(O)O. The van der Waals surface area contributed by atoms with E-state index in [9.17, 15) is 0 Å². The molecule has 1 saturated heterocycles. The molecule has 0 bridgehead atoms. The summed E-state index contributed by atoms with van der Waals surface area (Å²) in [5.41, 5.74) is 0. The van der Waals surface area contributed by atoms with Crippen molar-refractivity contribution in [2.45, 2.75) is 24.7 Å². The van der Waals surface area contributed by atoms with Crippen LogP contribution in [0.2, 0.25) is 0 Å². The quantitative estimate of drug-likeness (QED) is 0.410. The molecular formula is C6H12O4. The van der Waals surface area contributed by atoms with E-state index in [1.807, 2.05) is 0 Å². The highest BCUT2D eigenvalue weighted by molar-refractivity contribution is 4.79. The maximum Gasteiger partial charge on any atom is 0.192 e. The predicted octanol–water partition coefficient (Wildman–Crippen LogP) is -1.16. The van der Waals surface area contributed by atoms with E-state index in [1.54, 1.807) is 0 Å². The molecule has 1 unspecified atom stereocenters. The highest BCUT2D eigenvalue weighted by Gasteiger charge is 2.37. The van der Waals surface area contributed by atoms with Gasteiger partial charge < -0.3 is 20.1 Å². The molecule has 0 aliphatic carbocycles. The number of hydrogen-bond acceptors (Lipinski definition) is 4. The van der Waals surface area contributed by atoms with E-state index in [0.29, 0.717) is 13.0 Å². The van der Waals surface area contributed by atoms with Crippen molar-refractivity contribution in [3.05, 3.63) is 0 Å². The van der Waals surface area contributed by atoms with Gasteiger partial charge in [-0.25, -0.2) is 0 Å². The molecule has 1 rings (SSSR count). The molecule has 3 N–H and O–H groups in total. The molecule has 0 aromatic rings. The monoisotopic (exact) mass is 148 g/mol. The molecule has 4 nitrogen and oxygen atoms in total. The first-order valence-corrected chi connectivity index (χ1v) is 3.34. The molecule has 4 heteroatoms. The topological polar surface area (TPSA) is 69.9 Å². The molecule has 10 heavy (non-hydrogen) atoms. The van der Waals surface area contributed by atoms with Gasteiger partial charge in [0, 0.05) is 13.0 Å². The highest BCUT2D eigenvalue weighted by Crippen LogP contribution is 2.21. The Labute approximate surface area is 59.1 Å². The van der Waals surface area contributed by atoms with Crippen molar-refractivity contribution < 1.29 is 20.1 Å². The summed E-state index contributed by atoms with van der Waals surface area (Å²) in [5, 5.41) is 26.8. The lowest BCUT2D eigenvalue weighted by molar-refractivity contribution is -0.269. The van der Waals surface area contributed by atoms with Crippen LogP contribution < -0.4 is 0 Å². The average Bonchev–Trinajstić information content (AvgIpc) is 1.87. The van der Waals surface area contributed by atoms with Gasteiger partial charge >= 0.3 is 0 Å². The van der Waals surface area contributed by atoms with Crippen LogP contribution in [0.4, 0.5) is 0 Å². The van der Waals surface area contributed by atoms with Gasteiger partial charge in [0.2, 0.25) is 0 Å². The smallest absolute Gasteiger partial charge is 0.192 e. The molecule has 60 valence electrons. The molecule has 1 atom stereocenters.